The third-order valence-electron chi connectivity index (χ3n) is 4.52. The summed E-state index contributed by atoms with van der Waals surface area (Å²) in [6, 6.07) is 13.6. The van der Waals surface area contributed by atoms with E-state index >= 15 is 0 Å². The van der Waals surface area contributed by atoms with Gasteiger partial charge < -0.3 is 20.9 Å². The Kier molecular flexibility index (Phi) is 5.75. The number of aromatic carboxylic acids is 1. The second-order valence-corrected chi connectivity index (χ2v) is 7.92. The monoisotopic (exact) mass is 453 g/mol. The number of carboxylic acid groups (broad SMARTS) is 1. The molecule has 2 aromatic carbocycles. The Labute approximate surface area is 186 Å². The van der Waals surface area contributed by atoms with Crippen LogP contribution in [0.3, 0.4) is 0 Å². The van der Waals surface area contributed by atoms with Crippen molar-refractivity contribution in [3.8, 4) is 5.75 Å². The minimum atomic E-state index is -1.06. The first-order valence-corrected chi connectivity index (χ1v) is 10.4. The molecule has 0 unspecified atom stereocenters. The average Bonchev–Trinajstić information content (AvgIpc) is 3.19. The van der Waals surface area contributed by atoms with Gasteiger partial charge in [-0.2, -0.15) is 0 Å². The summed E-state index contributed by atoms with van der Waals surface area (Å²) >= 11 is 7.14. The van der Waals surface area contributed by atoms with Crippen molar-refractivity contribution in [1.82, 2.24) is 4.98 Å². The number of carbonyl (C=O) groups is 2. The van der Waals surface area contributed by atoms with Gasteiger partial charge in [-0.1, -0.05) is 17.7 Å². The van der Waals surface area contributed by atoms with Crippen molar-refractivity contribution in [3.05, 3.63) is 81.8 Å². The molecule has 0 radical (unpaired) electrons. The van der Waals surface area contributed by atoms with Crippen molar-refractivity contribution >= 4 is 56.4 Å². The molecular formula is C22H16ClN3O4S. The number of nitrogens with zero attached hydrogens (tertiary/aromatic N) is 1. The lowest BCUT2D eigenvalue weighted by Crippen LogP contribution is -2.11. The van der Waals surface area contributed by atoms with Crippen molar-refractivity contribution < 1.29 is 19.4 Å². The number of carboxylic acids is 1. The average molecular weight is 454 g/mol. The van der Waals surface area contributed by atoms with Crippen LogP contribution in [0.4, 0.5) is 11.5 Å². The lowest BCUT2D eigenvalue weighted by molar-refractivity contribution is 0.0698. The highest BCUT2D eigenvalue weighted by Crippen LogP contribution is 2.33. The number of nitrogens with two attached hydrogens (primary N) is 1. The fourth-order valence-corrected chi connectivity index (χ4v) is 4.21. The third-order valence-corrected chi connectivity index (χ3v) is 5.84. The highest BCUT2D eigenvalue weighted by atomic mass is 35.5. The molecule has 4 aromatic rings. The number of thiophene rings is 1. The van der Waals surface area contributed by atoms with E-state index in [1.807, 2.05) is 0 Å². The summed E-state index contributed by atoms with van der Waals surface area (Å²) in [4.78, 5) is 27.9. The number of halogens is 1. The molecule has 156 valence electrons. The molecule has 0 saturated heterocycles. The summed E-state index contributed by atoms with van der Waals surface area (Å²) in [5, 5.41) is 15.1. The molecule has 4 N–H and O–H groups in total. The number of hydrogen-bond donors (Lipinski definition) is 3. The number of benzene rings is 2. The number of aromatic nitrogens is 1. The standard InChI is InChI=1S/C22H16ClN3O4S/c23-14-4-6-15(7-5-14)26-21(27)12-2-1-3-16(8-12)30-10-13-11-31-19-17(22(28)29)9-25-20(24)18(13)19/h1-9,11H,10H2,(H2,24,25)(H,26,27)(H,28,29). The molecule has 0 aliphatic heterocycles. The van der Waals surface area contributed by atoms with Gasteiger partial charge in [-0.15, -0.1) is 11.3 Å². The molecule has 4 rings (SSSR count). The molecule has 2 aromatic heterocycles. The van der Waals surface area contributed by atoms with E-state index in [-0.39, 0.29) is 23.9 Å². The molecule has 0 spiro atoms. The van der Waals surface area contributed by atoms with Crippen LogP contribution in [0.25, 0.3) is 10.1 Å². The van der Waals surface area contributed by atoms with Gasteiger partial charge in [0.2, 0.25) is 0 Å². The number of fused-ring (bicyclic) bond motifs is 1. The summed E-state index contributed by atoms with van der Waals surface area (Å²) in [6.45, 7) is 0.150. The molecule has 2 heterocycles. The highest BCUT2D eigenvalue weighted by molar-refractivity contribution is 7.17. The number of amides is 1. The zero-order valence-electron chi connectivity index (χ0n) is 16.0. The van der Waals surface area contributed by atoms with Gasteiger partial charge in [0.05, 0.1) is 10.3 Å². The van der Waals surface area contributed by atoms with Crippen LogP contribution in [0.1, 0.15) is 26.3 Å². The molecule has 0 atom stereocenters. The maximum absolute atomic E-state index is 12.5. The number of carbonyl (C=O) groups excluding carboxylic acids is 1. The molecule has 9 heteroatoms. The third kappa shape index (κ3) is 4.45. The summed E-state index contributed by atoms with van der Waals surface area (Å²) in [6.07, 6.45) is 1.25. The number of pyridine rings is 1. The fraction of sp³-hybridized carbons (Fsp3) is 0.0455. The van der Waals surface area contributed by atoms with Crippen LogP contribution in [0.2, 0.25) is 5.02 Å². The molecule has 0 fully saturated rings. The quantitative estimate of drug-likeness (QED) is 0.376. The first-order chi connectivity index (χ1) is 14.9. The number of rotatable bonds is 6. The lowest BCUT2D eigenvalue weighted by Gasteiger charge is -2.09. The molecule has 7 nitrogen and oxygen atoms in total. The predicted molar refractivity (Wildman–Crippen MR) is 121 cm³/mol. The van der Waals surface area contributed by atoms with E-state index in [0.29, 0.717) is 32.1 Å². The fourth-order valence-electron chi connectivity index (χ4n) is 3.01. The lowest BCUT2D eigenvalue weighted by atomic mass is 10.1. The van der Waals surface area contributed by atoms with Crippen molar-refractivity contribution in [2.45, 2.75) is 6.61 Å². The van der Waals surface area contributed by atoms with Crippen LogP contribution in [0.5, 0.6) is 5.75 Å². The van der Waals surface area contributed by atoms with E-state index in [1.165, 1.54) is 17.5 Å². The molecule has 0 saturated carbocycles. The maximum atomic E-state index is 12.5. The number of hydrogen-bond acceptors (Lipinski definition) is 6. The number of anilines is 2. The second-order valence-electron chi connectivity index (χ2n) is 6.60. The summed E-state index contributed by atoms with van der Waals surface area (Å²) < 4.78 is 6.40. The van der Waals surface area contributed by atoms with Crippen LogP contribution < -0.4 is 15.8 Å². The Morgan fingerprint density at radius 2 is 1.97 bits per heavy atom. The van der Waals surface area contributed by atoms with Crippen molar-refractivity contribution in [2.75, 3.05) is 11.1 Å². The van der Waals surface area contributed by atoms with Gasteiger partial charge in [0.15, 0.2) is 0 Å². The van der Waals surface area contributed by atoms with Crippen molar-refractivity contribution in [3.63, 3.8) is 0 Å². The summed E-state index contributed by atoms with van der Waals surface area (Å²) in [7, 11) is 0. The Morgan fingerprint density at radius 1 is 1.19 bits per heavy atom. The molecular weight excluding hydrogens is 438 g/mol. The van der Waals surface area contributed by atoms with Gasteiger partial charge >= 0.3 is 5.97 Å². The van der Waals surface area contributed by atoms with Gasteiger partial charge in [0.1, 0.15) is 18.2 Å². The first-order valence-electron chi connectivity index (χ1n) is 9.10. The number of ether oxygens (including phenoxy) is 1. The van der Waals surface area contributed by atoms with E-state index in [1.54, 1.807) is 53.9 Å². The van der Waals surface area contributed by atoms with E-state index in [4.69, 9.17) is 22.1 Å². The van der Waals surface area contributed by atoms with E-state index in [2.05, 4.69) is 10.3 Å². The predicted octanol–water partition coefficient (Wildman–Crippen LogP) is 5.06. The Balaban J connectivity index is 1.51. The van der Waals surface area contributed by atoms with E-state index in [9.17, 15) is 14.7 Å². The van der Waals surface area contributed by atoms with Crippen LogP contribution >= 0.6 is 22.9 Å². The smallest absolute Gasteiger partial charge is 0.338 e. The Hall–Kier alpha value is -3.62. The topological polar surface area (TPSA) is 115 Å². The van der Waals surface area contributed by atoms with Gasteiger partial charge in [-0.3, -0.25) is 4.79 Å². The van der Waals surface area contributed by atoms with Gasteiger partial charge in [-0.05, 0) is 47.8 Å². The SMILES string of the molecule is Nc1ncc(C(=O)O)c2scc(COc3cccc(C(=O)Nc4ccc(Cl)cc4)c3)c12. The highest BCUT2D eigenvalue weighted by Gasteiger charge is 2.17. The normalized spacial score (nSPS) is 10.7. The second kappa shape index (κ2) is 8.63. The first kappa shape index (κ1) is 20.6. The van der Waals surface area contributed by atoms with Gasteiger partial charge in [-0.25, -0.2) is 9.78 Å². The summed E-state index contributed by atoms with van der Waals surface area (Å²) in [5.74, 6) is -0.612. The van der Waals surface area contributed by atoms with Crippen LogP contribution in [0, 0.1) is 0 Å². The maximum Gasteiger partial charge on any atom is 0.338 e. The Bertz CT molecular complexity index is 1290. The Morgan fingerprint density at radius 3 is 2.71 bits per heavy atom. The van der Waals surface area contributed by atoms with E-state index < -0.39 is 5.97 Å². The molecule has 31 heavy (non-hydrogen) atoms. The zero-order valence-corrected chi connectivity index (χ0v) is 17.5. The summed E-state index contributed by atoms with van der Waals surface area (Å²) in [5.41, 5.74) is 7.85. The minimum Gasteiger partial charge on any atom is -0.489 e. The van der Waals surface area contributed by atoms with Crippen molar-refractivity contribution in [2.24, 2.45) is 0 Å². The molecule has 0 aliphatic carbocycles. The minimum absolute atomic E-state index is 0.0984. The number of nitrogen functional groups attached to an aromatic ring is 1. The van der Waals surface area contributed by atoms with Crippen LogP contribution in [-0.4, -0.2) is 22.0 Å². The van der Waals surface area contributed by atoms with E-state index in [0.717, 1.165) is 5.56 Å². The number of nitrogens with one attached hydrogen (secondary N) is 1. The van der Waals surface area contributed by atoms with Gasteiger partial charge in [0, 0.05) is 33.4 Å². The molecule has 0 bridgehead atoms. The van der Waals surface area contributed by atoms with Crippen LogP contribution in [0.15, 0.2) is 60.1 Å². The molecule has 0 aliphatic rings. The van der Waals surface area contributed by atoms with Crippen molar-refractivity contribution in [1.29, 1.82) is 0 Å². The largest absolute Gasteiger partial charge is 0.489 e. The molecule has 1 amide bonds. The van der Waals surface area contributed by atoms with Gasteiger partial charge in [0.25, 0.3) is 5.91 Å². The zero-order chi connectivity index (χ0) is 22.0. The van der Waals surface area contributed by atoms with Crippen LogP contribution in [-0.2, 0) is 6.61 Å².